The highest BCUT2D eigenvalue weighted by Crippen LogP contribution is 2.21. The summed E-state index contributed by atoms with van der Waals surface area (Å²) in [6.07, 6.45) is 0.817. The summed E-state index contributed by atoms with van der Waals surface area (Å²) in [6, 6.07) is 5.51. The molecule has 0 aromatic heterocycles. The largest absolute Gasteiger partial charge is 0.493 e. The lowest BCUT2D eigenvalue weighted by Crippen LogP contribution is -2.25. The Kier molecular flexibility index (Phi) is 4.91. The summed E-state index contributed by atoms with van der Waals surface area (Å²) in [7, 11) is 1.70. The van der Waals surface area contributed by atoms with Crippen molar-refractivity contribution in [1.29, 1.82) is 0 Å². The number of carbonyl (C=O) groups is 1. The zero-order chi connectivity index (χ0) is 13.8. The Morgan fingerprint density at radius 3 is 2.50 bits per heavy atom. The van der Waals surface area contributed by atoms with Gasteiger partial charge >= 0.3 is 0 Å². The fraction of sp³-hybridized carbons (Fsp3) is 0.533. The molecule has 0 spiro atoms. The minimum absolute atomic E-state index is 0.0742. The number of Topliss-reactive ketones (excluding diaryl/α,β-unsaturated/α-hetero) is 1. The van der Waals surface area contributed by atoms with Gasteiger partial charge in [0.1, 0.15) is 5.75 Å². The van der Waals surface area contributed by atoms with Crippen LogP contribution in [0.3, 0.4) is 0 Å². The predicted molar refractivity (Wildman–Crippen MR) is 72.4 cm³/mol. The molecule has 3 nitrogen and oxygen atoms in total. The Labute approximate surface area is 109 Å². The molecule has 18 heavy (non-hydrogen) atoms. The molecule has 0 N–H and O–H groups in total. The maximum atomic E-state index is 11.2. The van der Waals surface area contributed by atoms with E-state index in [4.69, 9.17) is 9.47 Å². The van der Waals surface area contributed by atoms with Gasteiger partial charge in [0.2, 0.25) is 0 Å². The van der Waals surface area contributed by atoms with E-state index >= 15 is 0 Å². The van der Waals surface area contributed by atoms with Crippen LogP contribution in [0.25, 0.3) is 0 Å². The zero-order valence-electron chi connectivity index (χ0n) is 11.9. The molecule has 0 saturated heterocycles. The number of aryl methyl sites for hydroxylation is 1. The zero-order valence-corrected chi connectivity index (χ0v) is 11.9. The maximum Gasteiger partial charge on any atom is 0.159 e. The number of hydrogen-bond acceptors (Lipinski definition) is 3. The molecule has 0 saturated carbocycles. The van der Waals surface area contributed by atoms with Crippen LogP contribution in [0.1, 0.15) is 43.1 Å². The molecule has 0 aliphatic rings. The van der Waals surface area contributed by atoms with Gasteiger partial charge in [0.05, 0.1) is 12.2 Å². The summed E-state index contributed by atoms with van der Waals surface area (Å²) in [6.45, 7) is 8.17. The van der Waals surface area contributed by atoms with E-state index in [1.807, 2.05) is 32.9 Å². The van der Waals surface area contributed by atoms with Crippen molar-refractivity contribution in [3.8, 4) is 5.75 Å². The van der Waals surface area contributed by atoms with Crippen molar-refractivity contribution in [2.75, 3.05) is 13.7 Å². The van der Waals surface area contributed by atoms with Gasteiger partial charge in [0.25, 0.3) is 0 Å². The number of methoxy groups -OCH3 is 1. The molecule has 0 unspecified atom stereocenters. The molecule has 3 heteroatoms. The third-order valence-corrected chi connectivity index (χ3v) is 3.10. The quantitative estimate of drug-likeness (QED) is 0.726. The highest BCUT2D eigenvalue weighted by molar-refractivity contribution is 5.94. The highest BCUT2D eigenvalue weighted by Gasteiger charge is 2.16. The maximum absolute atomic E-state index is 11.2. The van der Waals surface area contributed by atoms with Gasteiger partial charge in [-0.25, -0.2) is 0 Å². The molecule has 0 bridgehead atoms. The van der Waals surface area contributed by atoms with Crippen molar-refractivity contribution in [2.24, 2.45) is 0 Å². The summed E-state index contributed by atoms with van der Waals surface area (Å²) in [5.74, 6) is 0.900. The summed E-state index contributed by atoms with van der Waals surface area (Å²) >= 11 is 0. The highest BCUT2D eigenvalue weighted by atomic mass is 16.5. The van der Waals surface area contributed by atoms with E-state index < -0.39 is 0 Å². The molecule has 0 aliphatic carbocycles. The Bertz CT molecular complexity index is 422. The van der Waals surface area contributed by atoms with Crippen molar-refractivity contribution in [1.82, 2.24) is 0 Å². The minimum atomic E-state index is -0.173. The van der Waals surface area contributed by atoms with Gasteiger partial charge < -0.3 is 9.47 Å². The first-order chi connectivity index (χ1) is 8.35. The Balaban J connectivity index is 2.61. The van der Waals surface area contributed by atoms with Crippen LogP contribution in [0.15, 0.2) is 18.2 Å². The number of hydrogen-bond donors (Lipinski definition) is 0. The average molecular weight is 250 g/mol. The number of ether oxygens (including phenoxy) is 2. The number of ketones is 1. The van der Waals surface area contributed by atoms with Crippen LogP contribution in [0.2, 0.25) is 0 Å². The summed E-state index contributed by atoms with van der Waals surface area (Å²) < 4.78 is 11.0. The van der Waals surface area contributed by atoms with Crippen LogP contribution in [0.4, 0.5) is 0 Å². The summed E-state index contributed by atoms with van der Waals surface area (Å²) in [5, 5.41) is 0. The SMILES string of the molecule is COC(C)(C)CCOc1ccc(C(C)=O)cc1C. The molecular formula is C15H22O3. The van der Waals surface area contributed by atoms with Crippen molar-refractivity contribution < 1.29 is 14.3 Å². The van der Waals surface area contributed by atoms with Crippen molar-refractivity contribution >= 4 is 5.78 Å². The standard InChI is InChI=1S/C15H22O3/c1-11-10-13(12(2)16)6-7-14(11)18-9-8-15(3,4)17-5/h6-7,10H,8-9H2,1-5H3. The van der Waals surface area contributed by atoms with Gasteiger partial charge in [-0.2, -0.15) is 0 Å². The molecule has 1 aromatic carbocycles. The third-order valence-electron chi connectivity index (χ3n) is 3.10. The van der Waals surface area contributed by atoms with E-state index in [0.717, 1.165) is 23.3 Å². The molecule has 1 aromatic rings. The Morgan fingerprint density at radius 2 is 2.00 bits per heavy atom. The van der Waals surface area contributed by atoms with E-state index in [2.05, 4.69) is 0 Å². The fourth-order valence-electron chi connectivity index (χ4n) is 1.54. The van der Waals surface area contributed by atoms with Crippen molar-refractivity contribution in [2.45, 2.75) is 39.7 Å². The van der Waals surface area contributed by atoms with E-state index in [1.165, 1.54) is 0 Å². The monoisotopic (exact) mass is 250 g/mol. The van der Waals surface area contributed by atoms with Crippen LogP contribution in [0, 0.1) is 6.92 Å². The van der Waals surface area contributed by atoms with Crippen LogP contribution in [0.5, 0.6) is 5.75 Å². The number of benzene rings is 1. The first-order valence-electron chi connectivity index (χ1n) is 6.15. The molecular weight excluding hydrogens is 228 g/mol. The average Bonchev–Trinajstić information content (AvgIpc) is 2.31. The topological polar surface area (TPSA) is 35.5 Å². The lowest BCUT2D eigenvalue weighted by molar-refractivity contribution is 0.00540. The number of rotatable bonds is 6. The molecule has 0 fully saturated rings. The fourth-order valence-corrected chi connectivity index (χ4v) is 1.54. The molecule has 0 heterocycles. The van der Waals surface area contributed by atoms with Gasteiger partial charge in [0, 0.05) is 19.1 Å². The second kappa shape index (κ2) is 6.01. The molecule has 0 amide bonds. The normalized spacial score (nSPS) is 11.4. The summed E-state index contributed by atoms with van der Waals surface area (Å²) in [5.41, 5.74) is 1.53. The predicted octanol–water partition coefficient (Wildman–Crippen LogP) is 3.39. The first kappa shape index (κ1) is 14.7. The van der Waals surface area contributed by atoms with E-state index in [1.54, 1.807) is 20.1 Å². The lowest BCUT2D eigenvalue weighted by Gasteiger charge is -2.23. The van der Waals surface area contributed by atoms with E-state index in [0.29, 0.717) is 6.61 Å². The minimum Gasteiger partial charge on any atom is -0.493 e. The molecule has 0 aliphatic heterocycles. The van der Waals surface area contributed by atoms with Crippen molar-refractivity contribution in [3.05, 3.63) is 29.3 Å². The Hall–Kier alpha value is -1.35. The first-order valence-corrected chi connectivity index (χ1v) is 6.15. The van der Waals surface area contributed by atoms with Crippen LogP contribution in [-0.2, 0) is 4.74 Å². The van der Waals surface area contributed by atoms with E-state index in [9.17, 15) is 4.79 Å². The van der Waals surface area contributed by atoms with Gasteiger partial charge in [-0.05, 0) is 51.5 Å². The number of carbonyl (C=O) groups excluding carboxylic acids is 1. The summed E-state index contributed by atoms with van der Waals surface area (Å²) in [4.78, 5) is 11.2. The van der Waals surface area contributed by atoms with Crippen LogP contribution >= 0.6 is 0 Å². The molecule has 100 valence electrons. The lowest BCUT2D eigenvalue weighted by atomic mass is 10.1. The van der Waals surface area contributed by atoms with Gasteiger partial charge in [0.15, 0.2) is 5.78 Å². The van der Waals surface area contributed by atoms with Gasteiger partial charge in [-0.1, -0.05) is 0 Å². The Morgan fingerprint density at radius 1 is 1.33 bits per heavy atom. The molecule has 0 radical (unpaired) electrons. The second-order valence-corrected chi connectivity index (χ2v) is 5.10. The van der Waals surface area contributed by atoms with E-state index in [-0.39, 0.29) is 11.4 Å². The molecule has 1 rings (SSSR count). The van der Waals surface area contributed by atoms with Gasteiger partial charge in [-0.3, -0.25) is 4.79 Å². The van der Waals surface area contributed by atoms with Gasteiger partial charge in [-0.15, -0.1) is 0 Å². The second-order valence-electron chi connectivity index (χ2n) is 5.10. The smallest absolute Gasteiger partial charge is 0.159 e. The van der Waals surface area contributed by atoms with Crippen molar-refractivity contribution in [3.63, 3.8) is 0 Å². The third kappa shape index (κ3) is 4.15. The molecule has 0 atom stereocenters. The van der Waals surface area contributed by atoms with Crippen LogP contribution in [-0.4, -0.2) is 25.1 Å². The van der Waals surface area contributed by atoms with Crippen LogP contribution < -0.4 is 4.74 Å².